The van der Waals surface area contributed by atoms with E-state index in [-0.39, 0.29) is 16.6 Å². The molecule has 0 bridgehead atoms. The molecule has 0 aliphatic heterocycles. The number of hydrogen-bond donors (Lipinski definition) is 2. The summed E-state index contributed by atoms with van der Waals surface area (Å²) in [5.74, 6) is -2.60. The second-order valence-corrected chi connectivity index (χ2v) is 2.97. The maximum Gasteiger partial charge on any atom is 0.449 e. The average molecular weight is 231 g/mol. The van der Waals surface area contributed by atoms with E-state index in [2.05, 4.69) is 9.97 Å². The number of carboxylic acids is 1. The molecule has 2 rings (SSSR count). The summed E-state index contributed by atoms with van der Waals surface area (Å²) in [6, 6.07) is 0. The molecule has 0 amide bonds. The molecule has 0 unspecified atom stereocenters. The number of fused-ring (bicyclic) bond motifs is 1. The van der Waals surface area contributed by atoms with Crippen LogP contribution < -0.4 is 0 Å². The van der Waals surface area contributed by atoms with Gasteiger partial charge in [-0.3, -0.25) is 4.98 Å². The zero-order valence-corrected chi connectivity index (χ0v) is 7.54. The van der Waals surface area contributed by atoms with Crippen molar-refractivity contribution in [3.63, 3.8) is 0 Å². The first-order chi connectivity index (χ1) is 7.39. The molecular formula is C8H4F3N3O2. The topological polar surface area (TPSA) is 78.9 Å². The van der Waals surface area contributed by atoms with E-state index in [9.17, 15) is 18.0 Å². The summed E-state index contributed by atoms with van der Waals surface area (Å²) in [4.78, 5) is 19.4. The Morgan fingerprint density at radius 2 is 2.06 bits per heavy atom. The van der Waals surface area contributed by atoms with Gasteiger partial charge in [0.15, 0.2) is 0 Å². The normalized spacial score (nSPS) is 11.9. The van der Waals surface area contributed by atoms with E-state index in [0.717, 1.165) is 12.4 Å². The molecule has 0 saturated carbocycles. The van der Waals surface area contributed by atoms with Gasteiger partial charge < -0.3 is 10.1 Å². The Labute approximate surface area is 85.9 Å². The zero-order chi connectivity index (χ0) is 11.9. The zero-order valence-electron chi connectivity index (χ0n) is 7.54. The van der Waals surface area contributed by atoms with E-state index in [1.807, 2.05) is 4.98 Å². The molecule has 8 heteroatoms. The molecule has 5 nitrogen and oxygen atoms in total. The Morgan fingerprint density at radius 3 is 2.62 bits per heavy atom. The van der Waals surface area contributed by atoms with Crippen LogP contribution in [0.4, 0.5) is 13.2 Å². The second kappa shape index (κ2) is 3.19. The smallest absolute Gasteiger partial charge is 0.449 e. The lowest BCUT2D eigenvalue weighted by Crippen LogP contribution is -2.07. The van der Waals surface area contributed by atoms with Crippen LogP contribution in [0.25, 0.3) is 11.0 Å². The summed E-state index contributed by atoms with van der Waals surface area (Å²) in [5, 5.41) is 8.73. The molecule has 84 valence electrons. The number of halogens is 3. The highest BCUT2D eigenvalue weighted by atomic mass is 19.4. The van der Waals surface area contributed by atoms with Crippen LogP contribution in [0, 0.1) is 0 Å². The van der Waals surface area contributed by atoms with Crippen LogP contribution in [0.3, 0.4) is 0 Å². The predicted molar refractivity (Wildman–Crippen MR) is 45.8 cm³/mol. The molecule has 0 aliphatic rings. The van der Waals surface area contributed by atoms with Gasteiger partial charge in [-0.15, -0.1) is 0 Å². The number of nitrogens with zero attached hydrogens (tertiary/aromatic N) is 2. The van der Waals surface area contributed by atoms with E-state index in [1.54, 1.807) is 0 Å². The minimum atomic E-state index is -4.64. The van der Waals surface area contributed by atoms with Gasteiger partial charge in [-0.2, -0.15) is 13.2 Å². The molecule has 0 atom stereocenters. The number of rotatable bonds is 1. The van der Waals surface area contributed by atoms with Gasteiger partial charge in [-0.1, -0.05) is 0 Å². The maximum absolute atomic E-state index is 12.3. The van der Waals surface area contributed by atoms with Crippen molar-refractivity contribution in [3.8, 4) is 0 Å². The molecule has 0 aromatic carbocycles. The highest BCUT2D eigenvalue weighted by Crippen LogP contribution is 2.29. The quantitative estimate of drug-likeness (QED) is 0.782. The largest absolute Gasteiger partial charge is 0.478 e. The van der Waals surface area contributed by atoms with E-state index in [4.69, 9.17) is 5.11 Å². The Kier molecular flexibility index (Phi) is 2.07. The number of nitrogens with one attached hydrogen (secondary N) is 1. The van der Waals surface area contributed by atoms with Crippen LogP contribution in [0.2, 0.25) is 0 Å². The first-order valence-corrected chi connectivity index (χ1v) is 4.04. The molecule has 2 aromatic heterocycles. The van der Waals surface area contributed by atoms with Gasteiger partial charge in [0.25, 0.3) is 0 Å². The Hall–Kier alpha value is -2.12. The van der Waals surface area contributed by atoms with Gasteiger partial charge in [0, 0.05) is 6.20 Å². The summed E-state index contributed by atoms with van der Waals surface area (Å²) in [6.45, 7) is 0. The lowest BCUT2D eigenvalue weighted by molar-refractivity contribution is -0.144. The summed E-state index contributed by atoms with van der Waals surface area (Å²) in [5.41, 5.74) is -0.664. The molecule has 0 aliphatic carbocycles. The highest BCUT2D eigenvalue weighted by Gasteiger charge is 2.35. The van der Waals surface area contributed by atoms with Crippen molar-refractivity contribution in [1.29, 1.82) is 0 Å². The SMILES string of the molecule is O=C(O)c1cncc2nc(C(F)(F)F)[nH]c12. The standard InChI is InChI=1S/C8H4F3N3O2/c9-8(10,11)7-13-4-2-12-1-3(6(15)16)5(4)14-7/h1-2H,(H,13,14)(H,15,16). The molecule has 16 heavy (non-hydrogen) atoms. The van der Waals surface area contributed by atoms with Crippen LogP contribution >= 0.6 is 0 Å². The van der Waals surface area contributed by atoms with Crippen molar-refractivity contribution in [1.82, 2.24) is 15.0 Å². The molecule has 2 N–H and O–H groups in total. The summed E-state index contributed by atoms with van der Waals surface area (Å²) in [6.07, 6.45) is -2.62. The lowest BCUT2D eigenvalue weighted by atomic mass is 10.2. The first-order valence-electron chi connectivity index (χ1n) is 4.04. The fraction of sp³-hybridized carbons (Fsp3) is 0.125. The minimum Gasteiger partial charge on any atom is -0.478 e. The van der Waals surface area contributed by atoms with Crippen LogP contribution in [0.5, 0.6) is 0 Å². The highest BCUT2D eigenvalue weighted by molar-refractivity contribution is 6.00. The van der Waals surface area contributed by atoms with Crippen LogP contribution in [-0.2, 0) is 6.18 Å². The fourth-order valence-electron chi connectivity index (χ4n) is 1.23. The number of aromatic carboxylic acids is 1. The number of carbonyl (C=O) groups is 1. The average Bonchev–Trinajstić information content (AvgIpc) is 2.59. The Bertz CT molecular complexity index is 561. The van der Waals surface area contributed by atoms with Crippen molar-refractivity contribution in [2.24, 2.45) is 0 Å². The van der Waals surface area contributed by atoms with Crippen molar-refractivity contribution >= 4 is 17.0 Å². The summed E-state index contributed by atoms with van der Waals surface area (Å²) >= 11 is 0. The van der Waals surface area contributed by atoms with Gasteiger partial charge in [-0.25, -0.2) is 9.78 Å². The molecule has 2 heterocycles. The monoisotopic (exact) mass is 231 g/mol. The number of carboxylic acid groups (broad SMARTS) is 1. The fourth-order valence-corrected chi connectivity index (χ4v) is 1.23. The van der Waals surface area contributed by atoms with Crippen LogP contribution in [-0.4, -0.2) is 26.0 Å². The molecule has 0 fully saturated rings. The number of H-pyrrole nitrogens is 1. The third-order valence-corrected chi connectivity index (χ3v) is 1.90. The molecule has 0 spiro atoms. The Balaban J connectivity index is 2.71. The van der Waals surface area contributed by atoms with Crippen molar-refractivity contribution in [2.45, 2.75) is 6.18 Å². The maximum atomic E-state index is 12.3. The van der Waals surface area contributed by atoms with Crippen molar-refractivity contribution in [3.05, 3.63) is 23.8 Å². The van der Waals surface area contributed by atoms with E-state index in [1.165, 1.54) is 0 Å². The third kappa shape index (κ3) is 1.58. The molecule has 0 radical (unpaired) electrons. The minimum absolute atomic E-state index is 0.132. The van der Waals surface area contributed by atoms with Crippen LogP contribution in [0.15, 0.2) is 12.4 Å². The van der Waals surface area contributed by atoms with E-state index < -0.39 is 18.0 Å². The third-order valence-electron chi connectivity index (χ3n) is 1.90. The van der Waals surface area contributed by atoms with Crippen molar-refractivity contribution < 1.29 is 23.1 Å². The number of alkyl halides is 3. The molecule has 2 aromatic rings. The molecular weight excluding hydrogens is 227 g/mol. The van der Waals surface area contributed by atoms with E-state index in [0.29, 0.717) is 0 Å². The number of hydrogen-bond acceptors (Lipinski definition) is 3. The molecule has 0 saturated heterocycles. The van der Waals surface area contributed by atoms with Crippen molar-refractivity contribution in [2.75, 3.05) is 0 Å². The van der Waals surface area contributed by atoms with Gasteiger partial charge in [-0.05, 0) is 0 Å². The number of imidazole rings is 1. The van der Waals surface area contributed by atoms with Gasteiger partial charge in [0.2, 0.25) is 5.82 Å². The number of aromatic amines is 1. The van der Waals surface area contributed by atoms with E-state index >= 15 is 0 Å². The van der Waals surface area contributed by atoms with Gasteiger partial charge >= 0.3 is 12.1 Å². The second-order valence-electron chi connectivity index (χ2n) is 2.97. The van der Waals surface area contributed by atoms with Gasteiger partial charge in [0.05, 0.1) is 11.7 Å². The van der Waals surface area contributed by atoms with Gasteiger partial charge in [0.1, 0.15) is 11.1 Å². The lowest BCUT2D eigenvalue weighted by Gasteiger charge is -1.99. The first kappa shape index (κ1) is 10.4. The van der Waals surface area contributed by atoms with Crippen LogP contribution in [0.1, 0.15) is 16.2 Å². The summed E-state index contributed by atoms with van der Waals surface area (Å²) < 4.78 is 36.9. The summed E-state index contributed by atoms with van der Waals surface area (Å²) in [7, 11) is 0. The number of aromatic nitrogens is 3. The predicted octanol–water partition coefficient (Wildman–Crippen LogP) is 1.67. The Morgan fingerprint density at radius 1 is 1.38 bits per heavy atom. The number of pyridine rings is 1.